The van der Waals surface area contributed by atoms with Crippen molar-refractivity contribution in [3.63, 3.8) is 0 Å². The van der Waals surface area contributed by atoms with Gasteiger partial charge in [-0.05, 0) is 11.1 Å². The molecule has 0 aliphatic carbocycles. The maximum Gasteiger partial charge on any atom is 0.0869 e. The van der Waals surface area contributed by atoms with Crippen LogP contribution in [0.15, 0.2) is 60.7 Å². The highest BCUT2D eigenvalue weighted by molar-refractivity contribution is 6.21. The molecular formula is C17H17ClN2. The Hall–Kier alpha value is -1.82. The SMILES string of the molecule is N#CCN(Cc1ccccc1)C[C@@H](Cl)c1ccccc1. The molecular weight excluding hydrogens is 268 g/mol. The molecule has 102 valence electrons. The van der Waals surface area contributed by atoms with E-state index in [0.29, 0.717) is 13.1 Å². The van der Waals surface area contributed by atoms with E-state index in [0.717, 1.165) is 12.1 Å². The van der Waals surface area contributed by atoms with Crippen LogP contribution in [0.3, 0.4) is 0 Å². The van der Waals surface area contributed by atoms with E-state index in [1.165, 1.54) is 5.56 Å². The largest absolute Gasteiger partial charge is 0.284 e. The number of alkyl halides is 1. The van der Waals surface area contributed by atoms with E-state index in [1.807, 2.05) is 48.5 Å². The van der Waals surface area contributed by atoms with Gasteiger partial charge in [-0.1, -0.05) is 60.7 Å². The maximum absolute atomic E-state index is 8.96. The molecule has 0 radical (unpaired) electrons. The minimum absolute atomic E-state index is 0.103. The molecule has 2 aromatic rings. The second-order valence-corrected chi connectivity index (χ2v) is 5.22. The van der Waals surface area contributed by atoms with E-state index in [-0.39, 0.29) is 5.38 Å². The first-order chi connectivity index (χ1) is 9.79. The fraction of sp³-hybridized carbons (Fsp3) is 0.235. The first-order valence-electron chi connectivity index (χ1n) is 6.62. The molecule has 3 heteroatoms. The van der Waals surface area contributed by atoms with Crippen molar-refractivity contribution >= 4 is 11.6 Å². The molecule has 2 rings (SSSR count). The van der Waals surface area contributed by atoms with Crippen molar-refractivity contribution in [3.8, 4) is 6.07 Å². The Balaban J connectivity index is 2.01. The first kappa shape index (κ1) is 14.6. The molecule has 0 fully saturated rings. The van der Waals surface area contributed by atoms with E-state index in [9.17, 15) is 0 Å². The molecule has 20 heavy (non-hydrogen) atoms. The average Bonchev–Trinajstić information content (AvgIpc) is 2.49. The average molecular weight is 285 g/mol. The number of rotatable bonds is 6. The first-order valence-corrected chi connectivity index (χ1v) is 7.05. The normalized spacial score (nSPS) is 12.1. The molecule has 0 heterocycles. The number of halogens is 1. The van der Waals surface area contributed by atoms with Gasteiger partial charge in [0.25, 0.3) is 0 Å². The lowest BCUT2D eigenvalue weighted by molar-refractivity contribution is 0.298. The number of benzene rings is 2. The number of nitrogens with zero attached hydrogens (tertiary/aromatic N) is 2. The summed E-state index contributed by atoms with van der Waals surface area (Å²) in [4.78, 5) is 2.07. The molecule has 0 aromatic heterocycles. The summed E-state index contributed by atoms with van der Waals surface area (Å²) in [5, 5.41) is 8.86. The third-order valence-electron chi connectivity index (χ3n) is 3.12. The summed E-state index contributed by atoms with van der Waals surface area (Å²) >= 11 is 6.45. The summed E-state index contributed by atoms with van der Waals surface area (Å²) in [6.07, 6.45) is 0. The van der Waals surface area contributed by atoms with Gasteiger partial charge in [0.05, 0.1) is 18.0 Å². The molecule has 0 bridgehead atoms. The van der Waals surface area contributed by atoms with E-state index in [2.05, 4.69) is 23.1 Å². The third kappa shape index (κ3) is 4.38. The van der Waals surface area contributed by atoms with Crippen LogP contribution in [0.1, 0.15) is 16.5 Å². The van der Waals surface area contributed by atoms with Crippen LogP contribution in [0.5, 0.6) is 0 Å². The smallest absolute Gasteiger partial charge is 0.0869 e. The Morgan fingerprint density at radius 1 is 1.00 bits per heavy atom. The Morgan fingerprint density at radius 3 is 2.20 bits per heavy atom. The van der Waals surface area contributed by atoms with Crippen LogP contribution in [0.2, 0.25) is 0 Å². The van der Waals surface area contributed by atoms with E-state index in [1.54, 1.807) is 0 Å². The van der Waals surface area contributed by atoms with Gasteiger partial charge in [-0.25, -0.2) is 0 Å². The quantitative estimate of drug-likeness (QED) is 0.592. The molecule has 1 atom stereocenters. The topological polar surface area (TPSA) is 27.0 Å². The Bertz CT molecular complexity index is 548. The summed E-state index contributed by atoms with van der Waals surface area (Å²) in [7, 11) is 0. The summed E-state index contributed by atoms with van der Waals surface area (Å²) < 4.78 is 0. The molecule has 0 aliphatic rings. The summed E-state index contributed by atoms with van der Waals surface area (Å²) in [6, 6.07) is 22.3. The standard InChI is InChI=1S/C17H17ClN2/c18-17(16-9-5-2-6-10-16)14-20(12-11-19)13-15-7-3-1-4-8-15/h1-10,17H,12-14H2/t17-/m1/s1. The van der Waals surface area contributed by atoms with Gasteiger partial charge < -0.3 is 0 Å². The Morgan fingerprint density at radius 2 is 1.60 bits per heavy atom. The fourth-order valence-corrected chi connectivity index (χ4v) is 2.46. The Kier molecular flexibility index (Phi) is 5.61. The fourth-order valence-electron chi connectivity index (χ4n) is 2.12. The van der Waals surface area contributed by atoms with Gasteiger partial charge in [0.2, 0.25) is 0 Å². The van der Waals surface area contributed by atoms with E-state index in [4.69, 9.17) is 16.9 Å². The van der Waals surface area contributed by atoms with Crippen molar-refractivity contribution in [1.29, 1.82) is 5.26 Å². The van der Waals surface area contributed by atoms with Gasteiger partial charge in [0.1, 0.15) is 0 Å². The van der Waals surface area contributed by atoms with E-state index >= 15 is 0 Å². The summed E-state index contributed by atoms with van der Waals surface area (Å²) in [6.45, 7) is 1.78. The second kappa shape index (κ2) is 7.69. The third-order valence-corrected chi connectivity index (χ3v) is 3.51. The predicted octanol–water partition coefficient (Wildman–Crippen LogP) is 3.99. The summed E-state index contributed by atoms with van der Waals surface area (Å²) in [5.74, 6) is 0. The predicted molar refractivity (Wildman–Crippen MR) is 82.4 cm³/mol. The van der Waals surface area contributed by atoms with Crippen LogP contribution in [0, 0.1) is 11.3 Å². The lowest BCUT2D eigenvalue weighted by atomic mass is 10.1. The summed E-state index contributed by atoms with van der Waals surface area (Å²) in [5.41, 5.74) is 2.28. The van der Waals surface area contributed by atoms with Gasteiger partial charge >= 0.3 is 0 Å². The molecule has 2 nitrogen and oxygen atoms in total. The van der Waals surface area contributed by atoms with Crippen LogP contribution in [0.25, 0.3) is 0 Å². The lowest BCUT2D eigenvalue weighted by Gasteiger charge is -2.22. The van der Waals surface area contributed by atoms with Crippen molar-refractivity contribution in [2.45, 2.75) is 11.9 Å². The maximum atomic E-state index is 8.96. The molecule has 0 saturated heterocycles. The minimum Gasteiger partial charge on any atom is -0.284 e. The highest BCUT2D eigenvalue weighted by Gasteiger charge is 2.13. The second-order valence-electron chi connectivity index (χ2n) is 4.69. The van der Waals surface area contributed by atoms with Crippen molar-refractivity contribution in [1.82, 2.24) is 4.90 Å². The van der Waals surface area contributed by atoms with Gasteiger partial charge in [-0.3, -0.25) is 4.90 Å². The van der Waals surface area contributed by atoms with Gasteiger partial charge in [0.15, 0.2) is 0 Å². The number of hydrogen-bond donors (Lipinski definition) is 0. The number of nitriles is 1. The van der Waals surface area contributed by atoms with Gasteiger partial charge in [-0.15, -0.1) is 11.6 Å². The van der Waals surface area contributed by atoms with Crippen LogP contribution >= 0.6 is 11.6 Å². The highest BCUT2D eigenvalue weighted by atomic mass is 35.5. The van der Waals surface area contributed by atoms with E-state index < -0.39 is 0 Å². The van der Waals surface area contributed by atoms with Crippen molar-refractivity contribution < 1.29 is 0 Å². The van der Waals surface area contributed by atoms with Crippen LogP contribution in [-0.4, -0.2) is 18.0 Å². The molecule has 0 aliphatic heterocycles. The Labute approximate surface area is 125 Å². The zero-order chi connectivity index (χ0) is 14.2. The van der Waals surface area contributed by atoms with Crippen LogP contribution in [0.4, 0.5) is 0 Å². The molecule has 2 aromatic carbocycles. The van der Waals surface area contributed by atoms with Gasteiger partial charge in [0, 0.05) is 13.1 Å². The zero-order valence-electron chi connectivity index (χ0n) is 11.2. The molecule has 0 N–H and O–H groups in total. The van der Waals surface area contributed by atoms with Crippen molar-refractivity contribution in [3.05, 3.63) is 71.8 Å². The van der Waals surface area contributed by atoms with Gasteiger partial charge in [-0.2, -0.15) is 5.26 Å². The zero-order valence-corrected chi connectivity index (χ0v) is 12.0. The van der Waals surface area contributed by atoms with Crippen molar-refractivity contribution in [2.75, 3.05) is 13.1 Å². The van der Waals surface area contributed by atoms with Crippen LogP contribution < -0.4 is 0 Å². The minimum atomic E-state index is -0.103. The molecule has 0 saturated carbocycles. The molecule has 0 unspecified atom stereocenters. The number of hydrogen-bond acceptors (Lipinski definition) is 2. The van der Waals surface area contributed by atoms with Crippen molar-refractivity contribution in [2.24, 2.45) is 0 Å². The highest BCUT2D eigenvalue weighted by Crippen LogP contribution is 2.22. The molecule has 0 spiro atoms. The monoisotopic (exact) mass is 284 g/mol. The van der Waals surface area contributed by atoms with Crippen LogP contribution in [-0.2, 0) is 6.54 Å². The molecule has 0 amide bonds. The lowest BCUT2D eigenvalue weighted by Crippen LogP contribution is -2.27.